The number of hydrogen-bond donors (Lipinski definition) is 1. The van der Waals surface area contributed by atoms with Crippen LogP contribution in [0.3, 0.4) is 0 Å². The largest absolute Gasteiger partial charge is 0.345 e. The summed E-state index contributed by atoms with van der Waals surface area (Å²) in [6.07, 6.45) is 0. The topological polar surface area (TPSA) is 49.4 Å². The normalized spacial score (nSPS) is 13.5. The Kier molecular flexibility index (Phi) is 5.36. The lowest BCUT2D eigenvalue weighted by Crippen LogP contribution is -2.45. The van der Waals surface area contributed by atoms with Gasteiger partial charge in [-0.15, -0.1) is 0 Å². The van der Waals surface area contributed by atoms with Gasteiger partial charge < -0.3 is 10.2 Å². The Morgan fingerprint density at radius 3 is 2.21 bits per heavy atom. The summed E-state index contributed by atoms with van der Waals surface area (Å²) in [5, 5.41) is 3.25. The highest BCUT2D eigenvalue weighted by Gasteiger charge is 2.22. The van der Waals surface area contributed by atoms with Crippen molar-refractivity contribution in [2.24, 2.45) is 0 Å². The van der Waals surface area contributed by atoms with Gasteiger partial charge >= 0.3 is 0 Å². The maximum atomic E-state index is 12.1. The predicted octanol–water partition coefficient (Wildman–Crippen LogP) is 2.38. The molecule has 0 saturated carbocycles. The highest BCUT2D eigenvalue weighted by Crippen LogP contribution is 2.21. The van der Waals surface area contributed by atoms with Crippen LogP contribution < -0.4 is 5.32 Å². The van der Waals surface area contributed by atoms with Crippen LogP contribution in [0.5, 0.6) is 0 Å². The lowest BCUT2D eigenvalue weighted by atomic mass is 10.1. The molecule has 1 aromatic rings. The first-order valence-electron chi connectivity index (χ1n) is 6.12. The molecule has 2 unspecified atom stereocenters. The summed E-state index contributed by atoms with van der Waals surface area (Å²) in [6, 6.07) is 6.75. The molecule has 1 N–H and O–H groups in total. The lowest BCUT2D eigenvalue weighted by molar-refractivity contribution is -0.136. The smallest absolute Gasteiger partial charge is 0.245 e. The molecular weight excluding hydrogens is 264 g/mol. The second kappa shape index (κ2) is 6.57. The fraction of sp³-hybridized carbons (Fsp3) is 0.429. The van der Waals surface area contributed by atoms with Crippen molar-refractivity contribution in [3.63, 3.8) is 0 Å². The van der Waals surface area contributed by atoms with Crippen LogP contribution in [0, 0.1) is 0 Å². The molecule has 2 atom stereocenters. The van der Waals surface area contributed by atoms with Gasteiger partial charge in [0.15, 0.2) is 0 Å². The van der Waals surface area contributed by atoms with Crippen molar-refractivity contribution in [2.75, 3.05) is 7.05 Å². The molecule has 0 bridgehead atoms. The third-order valence-electron chi connectivity index (χ3n) is 3.07. The molecule has 5 heteroatoms. The maximum Gasteiger partial charge on any atom is 0.245 e. The zero-order valence-corrected chi connectivity index (χ0v) is 12.4. The van der Waals surface area contributed by atoms with Crippen molar-refractivity contribution < 1.29 is 9.59 Å². The van der Waals surface area contributed by atoms with E-state index in [0.29, 0.717) is 5.02 Å². The highest BCUT2D eigenvalue weighted by atomic mass is 35.5. The van der Waals surface area contributed by atoms with Crippen LogP contribution in [0.1, 0.15) is 32.4 Å². The number of carbonyl (C=O) groups is 2. The van der Waals surface area contributed by atoms with Gasteiger partial charge in [-0.1, -0.05) is 23.7 Å². The van der Waals surface area contributed by atoms with Gasteiger partial charge in [0.05, 0.1) is 6.04 Å². The van der Waals surface area contributed by atoms with Gasteiger partial charge in [-0.3, -0.25) is 9.59 Å². The number of hydrogen-bond acceptors (Lipinski definition) is 2. The Morgan fingerprint density at radius 2 is 1.74 bits per heavy atom. The predicted molar refractivity (Wildman–Crippen MR) is 75.9 cm³/mol. The fourth-order valence-electron chi connectivity index (χ4n) is 1.83. The Balaban J connectivity index is 2.76. The molecule has 4 nitrogen and oxygen atoms in total. The van der Waals surface area contributed by atoms with Gasteiger partial charge in [0.1, 0.15) is 6.04 Å². The van der Waals surface area contributed by atoms with E-state index >= 15 is 0 Å². The van der Waals surface area contributed by atoms with Crippen molar-refractivity contribution in [3.8, 4) is 0 Å². The number of benzene rings is 1. The minimum Gasteiger partial charge on any atom is -0.345 e. The summed E-state index contributed by atoms with van der Waals surface area (Å²) in [5.74, 6) is -0.342. The quantitative estimate of drug-likeness (QED) is 0.922. The summed E-state index contributed by atoms with van der Waals surface area (Å²) >= 11 is 5.84. The van der Waals surface area contributed by atoms with E-state index in [1.807, 2.05) is 19.1 Å². The van der Waals surface area contributed by atoms with E-state index in [1.165, 1.54) is 6.92 Å². The van der Waals surface area contributed by atoms with Crippen LogP contribution >= 0.6 is 11.6 Å². The SMILES string of the molecule is CC(=O)NC(C)C(=O)N(C)C(C)c1ccc(Cl)cc1. The zero-order chi connectivity index (χ0) is 14.6. The first-order valence-corrected chi connectivity index (χ1v) is 6.50. The van der Waals surface area contributed by atoms with Gasteiger partial charge in [0, 0.05) is 19.0 Å². The number of halogens is 1. The van der Waals surface area contributed by atoms with E-state index in [1.54, 1.807) is 31.0 Å². The van der Waals surface area contributed by atoms with Crippen molar-refractivity contribution in [3.05, 3.63) is 34.9 Å². The third kappa shape index (κ3) is 4.24. The second-order valence-corrected chi connectivity index (χ2v) is 5.04. The molecule has 0 aromatic heterocycles. The van der Waals surface area contributed by atoms with Crippen LogP contribution in [0.2, 0.25) is 5.02 Å². The number of nitrogens with one attached hydrogen (secondary N) is 1. The molecular formula is C14H19ClN2O2. The third-order valence-corrected chi connectivity index (χ3v) is 3.32. The molecule has 0 fully saturated rings. The van der Waals surface area contributed by atoms with E-state index < -0.39 is 6.04 Å². The Labute approximate surface area is 118 Å². The molecule has 0 aliphatic heterocycles. The monoisotopic (exact) mass is 282 g/mol. The van der Waals surface area contributed by atoms with Crippen molar-refractivity contribution >= 4 is 23.4 Å². The minimum atomic E-state index is -0.530. The Hall–Kier alpha value is -1.55. The summed E-state index contributed by atoms with van der Waals surface area (Å²) in [5.41, 5.74) is 0.996. The van der Waals surface area contributed by atoms with Gasteiger partial charge in [-0.25, -0.2) is 0 Å². The highest BCUT2D eigenvalue weighted by molar-refractivity contribution is 6.30. The molecule has 2 amide bonds. The van der Waals surface area contributed by atoms with E-state index in [-0.39, 0.29) is 17.9 Å². The number of amides is 2. The van der Waals surface area contributed by atoms with E-state index in [2.05, 4.69) is 5.32 Å². The van der Waals surface area contributed by atoms with Crippen LogP contribution in [0.25, 0.3) is 0 Å². The van der Waals surface area contributed by atoms with Crippen molar-refractivity contribution in [1.29, 1.82) is 0 Å². The number of rotatable bonds is 4. The van der Waals surface area contributed by atoms with Crippen molar-refractivity contribution in [1.82, 2.24) is 10.2 Å². The molecule has 104 valence electrons. The van der Waals surface area contributed by atoms with Crippen LogP contribution in [-0.2, 0) is 9.59 Å². The number of nitrogens with zero attached hydrogens (tertiary/aromatic N) is 1. The minimum absolute atomic E-state index is 0.0824. The van der Waals surface area contributed by atoms with E-state index in [9.17, 15) is 9.59 Å². The Morgan fingerprint density at radius 1 is 1.21 bits per heavy atom. The van der Waals surface area contributed by atoms with Gasteiger partial charge in [0.2, 0.25) is 11.8 Å². The van der Waals surface area contributed by atoms with E-state index in [4.69, 9.17) is 11.6 Å². The lowest BCUT2D eigenvalue weighted by Gasteiger charge is -2.28. The van der Waals surface area contributed by atoms with Gasteiger partial charge in [0.25, 0.3) is 0 Å². The average molecular weight is 283 g/mol. The summed E-state index contributed by atoms with van der Waals surface area (Å²) in [6.45, 7) is 5.00. The summed E-state index contributed by atoms with van der Waals surface area (Å²) in [4.78, 5) is 24.7. The van der Waals surface area contributed by atoms with E-state index in [0.717, 1.165) is 5.56 Å². The van der Waals surface area contributed by atoms with Crippen molar-refractivity contribution in [2.45, 2.75) is 32.9 Å². The first-order chi connectivity index (χ1) is 8.82. The van der Waals surface area contributed by atoms with Gasteiger partial charge in [-0.2, -0.15) is 0 Å². The van der Waals surface area contributed by atoms with Gasteiger partial charge in [-0.05, 0) is 31.5 Å². The molecule has 0 heterocycles. The molecule has 1 rings (SSSR count). The molecule has 0 aliphatic rings. The van der Waals surface area contributed by atoms with Crippen LogP contribution in [-0.4, -0.2) is 29.8 Å². The molecule has 19 heavy (non-hydrogen) atoms. The number of likely N-dealkylation sites (N-methyl/N-ethyl adjacent to an activating group) is 1. The van der Waals surface area contributed by atoms with Crippen LogP contribution in [0.15, 0.2) is 24.3 Å². The molecule has 0 spiro atoms. The summed E-state index contributed by atoms with van der Waals surface area (Å²) in [7, 11) is 1.72. The standard InChI is InChI=1S/C14H19ClN2O2/c1-9(16-11(3)18)14(19)17(4)10(2)12-5-7-13(15)8-6-12/h5-10H,1-4H3,(H,16,18). The Bertz CT molecular complexity index is 459. The second-order valence-electron chi connectivity index (χ2n) is 4.60. The molecule has 1 aromatic carbocycles. The van der Waals surface area contributed by atoms with Crippen LogP contribution in [0.4, 0.5) is 0 Å². The molecule has 0 saturated heterocycles. The first kappa shape index (κ1) is 15.5. The summed E-state index contributed by atoms with van der Waals surface area (Å²) < 4.78 is 0. The number of carbonyl (C=O) groups excluding carboxylic acids is 2. The fourth-order valence-corrected chi connectivity index (χ4v) is 1.95. The maximum absolute atomic E-state index is 12.1. The zero-order valence-electron chi connectivity index (χ0n) is 11.6. The average Bonchev–Trinajstić information content (AvgIpc) is 2.36. The molecule has 0 radical (unpaired) electrons. The molecule has 0 aliphatic carbocycles.